The average molecular weight is 517 g/mol. The van der Waals surface area contributed by atoms with Gasteiger partial charge in [0.05, 0.1) is 12.5 Å². The summed E-state index contributed by atoms with van der Waals surface area (Å²) in [6.45, 7) is 1.68. The molecular formula is C19H36N10O7. The van der Waals surface area contributed by atoms with Crippen LogP contribution in [0.15, 0.2) is 9.98 Å². The van der Waals surface area contributed by atoms with Crippen molar-refractivity contribution in [1.82, 2.24) is 16.0 Å². The largest absolute Gasteiger partial charge is 0.481 e. The highest BCUT2D eigenvalue weighted by Gasteiger charge is 2.30. The van der Waals surface area contributed by atoms with Crippen LogP contribution in [0, 0.1) is 0 Å². The number of aliphatic imine (C=N–C) groups is 2. The SMILES string of the molecule is CC(NC(=O)C(N)CCCN=C(N)N)C(=O)NC(CC(=O)O)C(=O)NC(CCCN=C(N)N)C(=O)O. The molecule has 36 heavy (non-hydrogen) atoms. The summed E-state index contributed by atoms with van der Waals surface area (Å²) in [6.07, 6.45) is -0.0478. The van der Waals surface area contributed by atoms with Crippen LogP contribution in [0.2, 0.25) is 0 Å². The Balaban J connectivity index is 5.02. The van der Waals surface area contributed by atoms with E-state index in [0.29, 0.717) is 6.42 Å². The zero-order valence-electron chi connectivity index (χ0n) is 20.0. The molecule has 0 fully saturated rings. The number of nitrogens with one attached hydrogen (secondary N) is 3. The molecule has 0 heterocycles. The Labute approximate surface area is 207 Å². The van der Waals surface area contributed by atoms with Crippen molar-refractivity contribution in [3.8, 4) is 0 Å². The Kier molecular flexibility index (Phi) is 14.6. The molecule has 3 amide bonds. The van der Waals surface area contributed by atoms with E-state index in [4.69, 9.17) is 33.8 Å². The summed E-state index contributed by atoms with van der Waals surface area (Å²) in [7, 11) is 0. The van der Waals surface area contributed by atoms with E-state index in [-0.39, 0.29) is 44.3 Å². The fourth-order valence-corrected chi connectivity index (χ4v) is 2.75. The monoisotopic (exact) mass is 516 g/mol. The molecule has 0 radical (unpaired) electrons. The van der Waals surface area contributed by atoms with Crippen LogP contribution < -0.4 is 44.6 Å². The van der Waals surface area contributed by atoms with E-state index in [0.717, 1.165) is 0 Å². The van der Waals surface area contributed by atoms with Crippen LogP contribution >= 0.6 is 0 Å². The molecule has 204 valence electrons. The Hall–Kier alpha value is -4.15. The Bertz CT molecular complexity index is 840. The second-order valence-corrected chi connectivity index (χ2v) is 7.79. The number of carboxylic acid groups (broad SMARTS) is 2. The van der Waals surface area contributed by atoms with E-state index in [1.165, 1.54) is 6.92 Å². The maximum Gasteiger partial charge on any atom is 0.326 e. The lowest BCUT2D eigenvalue weighted by Gasteiger charge is -2.23. The topological polar surface area (TPSA) is 317 Å². The van der Waals surface area contributed by atoms with Gasteiger partial charge < -0.3 is 54.8 Å². The lowest BCUT2D eigenvalue weighted by Crippen LogP contribution is -2.56. The van der Waals surface area contributed by atoms with E-state index in [2.05, 4.69) is 25.9 Å². The zero-order valence-corrected chi connectivity index (χ0v) is 20.0. The van der Waals surface area contributed by atoms with Crippen molar-refractivity contribution in [3.05, 3.63) is 0 Å². The molecule has 0 aromatic carbocycles. The smallest absolute Gasteiger partial charge is 0.326 e. The molecule has 0 aliphatic carbocycles. The van der Waals surface area contributed by atoms with Gasteiger partial charge in [-0.15, -0.1) is 0 Å². The third kappa shape index (κ3) is 14.2. The zero-order chi connectivity index (χ0) is 27.8. The Morgan fingerprint density at radius 3 is 1.72 bits per heavy atom. The first kappa shape index (κ1) is 31.8. The number of hydrogen-bond donors (Lipinski definition) is 10. The first-order valence-electron chi connectivity index (χ1n) is 11.0. The maximum absolute atomic E-state index is 12.6. The standard InChI is InChI=1S/C19H36N10O7/c1-9(27-15(33)10(20)4-2-6-25-18(21)22)14(32)29-12(8-13(30)31)16(34)28-11(17(35)36)5-3-7-26-19(23)24/h9-12H,2-8,20H2,1H3,(H,27,33)(H,28,34)(H,29,32)(H,30,31)(H,35,36)(H4,21,22,25)(H4,23,24,26). The van der Waals surface area contributed by atoms with Crippen molar-refractivity contribution in [2.75, 3.05) is 13.1 Å². The summed E-state index contributed by atoms with van der Waals surface area (Å²) in [5.41, 5.74) is 26.6. The second kappa shape index (κ2) is 16.5. The van der Waals surface area contributed by atoms with Gasteiger partial charge >= 0.3 is 11.9 Å². The molecule has 0 aliphatic heterocycles. The van der Waals surface area contributed by atoms with Gasteiger partial charge in [-0.25, -0.2) is 4.79 Å². The quantitative estimate of drug-likeness (QED) is 0.0496. The lowest BCUT2D eigenvalue weighted by atomic mass is 10.1. The first-order valence-corrected chi connectivity index (χ1v) is 11.0. The Morgan fingerprint density at radius 2 is 1.25 bits per heavy atom. The van der Waals surface area contributed by atoms with E-state index < -0.39 is 60.2 Å². The number of carboxylic acids is 2. The first-order chi connectivity index (χ1) is 16.7. The third-order valence-electron chi connectivity index (χ3n) is 4.63. The third-order valence-corrected chi connectivity index (χ3v) is 4.63. The molecular weight excluding hydrogens is 480 g/mol. The highest BCUT2D eigenvalue weighted by atomic mass is 16.4. The van der Waals surface area contributed by atoms with Crippen molar-refractivity contribution in [2.24, 2.45) is 38.7 Å². The molecule has 4 unspecified atom stereocenters. The van der Waals surface area contributed by atoms with E-state index in [1.807, 2.05) is 0 Å². The molecule has 0 rings (SSSR count). The minimum Gasteiger partial charge on any atom is -0.481 e. The molecule has 0 spiro atoms. The number of carbonyl (C=O) groups excluding carboxylic acids is 3. The van der Waals surface area contributed by atoms with Gasteiger partial charge in [0.15, 0.2) is 11.9 Å². The highest BCUT2D eigenvalue weighted by Crippen LogP contribution is 2.03. The van der Waals surface area contributed by atoms with E-state index >= 15 is 0 Å². The van der Waals surface area contributed by atoms with E-state index in [1.54, 1.807) is 0 Å². The maximum atomic E-state index is 12.6. The van der Waals surface area contributed by atoms with Gasteiger partial charge in [-0.3, -0.25) is 29.2 Å². The Morgan fingerprint density at radius 1 is 0.750 bits per heavy atom. The van der Waals surface area contributed by atoms with Gasteiger partial charge in [0.25, 0.3) is 0 Å². The molecule has 17 nitrogen and oxygen atoms in total. The van der Waals surface area contributed by atoms with Crippen LogP contribution in [0.5, 0.6) is 0 Å². The molecule has 0 aromatic rings. The van der Waals surface area contributed by atoms with Crippen LogP contribution in [0.25, 0.3) is 0 Å². The second-order valence-electron chi connectivity index (χ2n) is 7.79. The molecule has 4 atom stereocenters. The van der Waals surface area contributed by atoms with E-state index in [9.17, 15) is 29.1 Å². The fourth-order valence-electron chi connectivity index (χ4n) is 2.75. The average Bonchev–Trinajstić information content (AvgIpc) is 2.76. The number of nitrogens with two attached hydrogens (primary N) is 5. The van der Waals surface area contributed by atoms with Crippen molar-refractivity contribution >= 4 is 41.6 Å². The lowest BCUT2D eigenvalue weighted by molar-refractivity contribution is -0.143. The predicted molar refractivity (Wildman–Crippen MR) is 129 cm³/mol. The van der Waals surface area contributed by atoms with Crippen LogP contribution in [0.1, 0.15) is 39.0 Å². The molecule has 0 aromatic heterocycles. The number of guanidine groups is 2. The van der Waals surface area contributed by atoms with Crippen LogP contribution in [0.4, 0.5) is 0 Å². The molecule has 15 N–H and O–H groups in total. The van der Waals surface area contributed by atoms with Crippen LogP contribution in [-0.4, -0.2) is 89.0 Å². The number of amides is 3. The van der Waals surface area contributed by atoms with Crippen LogP contribution in [0.3, 0.4) is 0 Å². The normalized spacial score (nSPS) is 13.7. The molecule has 17 heteroatoms. The van der Waals surface area contributed by atoms with Gasteiger partial charge in [0, 0.05) is 13.1 Å². The van der Waals surface area contributed by atoms with Crippen molar-refractivity contribution in [3.63, 3.8) is 0 Å². The van der Waals surface area contributed by atoms with Crippen LogP contribution in [-0.2, 0) is 24.0 Å². The minimum absolute atomic E-state index is 0.0564. The summed E-state index contributed by atoms with van der Waals surface area (Å²) in [6, 6.07) is -5.14. The molecule has 0 saturated heterocycles. The van der Waals surface area contributed by atoms with Gasteiger partial charge in [0.2, 0.25) is 17.7 Å². The number of rotatable bonds is 17. The number of hydrogen-bond acceptors (Lipinski definition) is 8. The molecule has 0 saturated carbocycles. The van der Waals surface area contributed by atoms with Crippen molar-refractivity contribution < 1.29 is 34.2 Å². The number of aliphatic carboxylic acids is 2. The summed E-state index contributed by atoms with van der Waals surface area (Å²) >= 11 is 0. The highest BCUT2D eigenvalue weighted by molar-refractivity contribution is 5.95. The van der Waals surface area contributed by atoms with Crippen molar-refractivity contribution in [1.29, 1.82) is 0 Å². The van der Waals surface area contributed by atoms with Gasteiger partial charge in [-0.2, -0.15) is 0 Å². The number of carbonyl (C=O) groups is 5. The van der Waals surface area contributed by atoms with Gasteiger partial charge in [-0.05, 0) is 32.6 Å². The predicted octanol–water partition coefficient (Wildman–Crippen LogP) is -4.55. The molecule has 0 bridgehead atoms. The minimum atomic E-state index is -1.61. The summed E-state index contributed by atoms with van der Waals surface area (Å²) in [5, 5.41) is 25.2. The number of nitrogens with zero attached hydrogens (tertiary/aromatic N) is 2. The molecule has 0 aliphatic rings. The van der Waals surface area contributed by atoms with Gasteiger partial charge in [-0.1, -0.05) is 0 Å². The fraction of sp³-hybridized carbons (Fsp3) is 0.632. The summed E-state index contributed by atoms with van der Waals surface area (Å²) in [5.74, 6) is -5.64. The van der Waals surface area contributed by atoms with Crippen molar-refractivity contribution in [2.45, 2.75) is 63.2 Å². The summed E-state index contributed by atoms with van der Waals surface area (Å²) in [4.78, 5) is 67.4. The van der Waals surface area contributed by atoms with Gasteiger partial charge in [0.1, 0.15) is 18.1 Å². The summed E-state index contributed by atoms with van der Waals surface area (Å²) < 4.78 is 0.